The number of rotatable bonds is 3. The van der Waals surface area contributed by atoms with Crippen LogP contribution in [0, 0.1) is 0 Å². The molecule has 0 amide bonds. The summed E-state index contributed by atoms with van der Waals surface area (Å²) in [7, 11) is 0. The van der Waals surface area contributed by atoms with Crippen LogP contribution in [0.5, 0.6) is 5.75 Å². The molecule has 3 N–H and O–H groups in total. The van der Waals surface area contributed by atoms with Crippen molar-refractivity contribution in [2.24, 2.45) is 0 Å². The molecule has 0 bridgehead atoms. The molecule has 0 aliphatic rings. The van der Waals surface area contributed by atoms with Crippen LogP contribution in [-0.4, -0.2) is 5.11 Å². The number of phenols is 1. The smallest absolute Gasteiger partial charge is 0.115 e. The van der Waals surface area contributed by atoms with Crippen molar-refractivity contribution >= 4 is 5.69 Å². The molecule has 0 aliphatic carbocycles. The molecule has 2 aromatic carbocycles. The average Bonchev–Trinajstić information content (AvgIpc) is 2.32. The Balaban J connectivity index is 2.11. The largest absolute Gasteiger partial charge is 0.508 e. The Hall–Kier alpha value is -1.96. The highest BCUT2D eigenvalue weighted by atomic mass is 16.3. The van der Waals surface area contributed by atoms with Crippen LogP contribution in [0.25, 0.3) is 0 Å². The number of hydrogen-bond acceptors (Lipinski definition) is 2. The molecule has 0 saturated carbocycles. The lowest BCUT2D eigenvalue weighted by molar-refractivity contribution is 0.475. The van der Waals surface area contributed by atoms with Crippen LogP contribution in [-0.2, 0) is 6.42 Å². The van der Waals surface area contributed by atoms with Crippen LogP contribution in [0.3, 0.4) is 0 Å². The zero-order chi connectivity index (χ0) is 12.3. The average molecular weight is 227 g/mol. The van der Waals surface area contributed by atoms with E-state index in [4.69, 9.17) is 5.73 Å². The van der Waals surface area contributed by atoms with E-state index in [1.165, 1.54) is 11.1 Å². The maximum absolute atomic E-state index is 9.23. The molecule has 0 aromatic heterocycles. The summed E-state index contributed by atoms with van der Waals surface area (Å²) in [5.74, 6) is 0.730. The van der Waals surface area contributed by atoms with Crippen molar-refractivity contribution < 1.29 is 5.11 Å². The van der Waals surface area contributed by atoms with Crippen LogP contribution >= 0.6 is 0 Å². The van der Waals surface area contributed by atoms with Crippen LogP contribution in [0.4, 0.5) is 5.69 Å². The summed E-state index contributed by atoms with van der Waals surface area (Å²) in [6.07, 6.45) is 0.948. The van der Waals surface area contributed by atoms with Gasteiger partial charge in [-0.25, -0.2) is 0 Å². The number of anilines is 1. The van der Waals surface area contributed by atoms with Crippen molar-refractivity contribution in [1.82, 2.24) is 0 Å². The second-order valence-corrected chi connectivity index (χ2v) is 4.44. The molecule has 1 atom stereocenters. The second kappa shape index (κ2) is 4.91. The van der Waals surface area contributed by atoms with Gasteiger partial charge in [-0.2, -0.15) is 0 Å². The fourth-order valence-electron chi connectivity index (χ4n) is 1.97. The Morgan fingerprint density at radius 3 is 2.47 bits per heavy atom. The first-order chi connectivity index (χ1) is 8.15. The third-order valence-corrected chi connectivity index (χ3v) is 2.96. The van der Waals surface area contributed by atoms with Crippen molar-refractivity contribution in [3.05, 3.63) is 59.7 Å². The molecule has 1 unspecified atom stereocenters. The van der Waals surface area contributed by atoms with Crippen LogP contribution in [0.2, 0.25) is 0 Å². The van der Waals surface area contributed by atoms with Gasteiger partial charge in [-0.05, 0) is 47.7 Å². The molecule has 0 fully saturated rings. The van der Waals surface area contributed by atoms with Gasteiger partial charge in [0.25, 0.3) is 0 Å². The normalized spacial score (nSPS) is 12.3. The molecule has 2 rings (SSSR count). The Morgan fingerprint density at radius 1 is 1.12 bits per heavy atom. The lowest BCUT2D eigenvalue weighted by Gasteiger charge is -2.12. The van der Waals surface area contributed by atoms with Crippen molar-refractivity contribution in [1.29, 1.82) is 0 Å². The minimum Gasteiger partial charge on any atom is -0.508 e. The quantitative estimate of drug-likeness (QED) is 0.790. The van der Waals surface area contributed by atoms with E-state index in [1.807, 2.05) is 30.3 Å². The summed E-state index contributed by atoms with van der Waals surface area (Å²) in [5.41, 5.74) is 9.05. The van der Waals surface area contributed by atoms with E-state index in [1.54, 1.807) is 12.1 Å². The second-order valence-electron chi connectivity index (χ2n) is 4.44. The molecular formula is C15H17NO. The Bertz CT molecular complexity index is 491. The Morgan fingerprint density at radius 2 is 1.82 bits per heavy atom. The standard InChI is InChI=1S/C15H17NO/c1-11(13-3-2-4-14(16)10-13)9-12-5-7-15(17)8-6-12/h2-8,10-11,17H,9,16H2,1H3. The first-order valence-corrected chi connectivity index (χ1v) is 5.78. The summed E-state index contributed by atoms with van der Waals surface area (Å²) < 4.78 is 0. The molecule has 0 aliphatic heterocycles. The predicted octanol–water partition coefficient (Wildman–Crippen LogP) is 3.32. The molecule has 0 heterocycles. The van der Waals surface area contributed by atoms with Crippen molar-refractivity contribution in [3.63, 3.8) is 0 Å². The van der Waals surface area contributed by atoms with E-state index in [0.29, 0.717) is 11.7 Å². The Labute approximate surface area is 102 Å². The number of nitrogens with two attached hydrogens (primary N) is 1. The molecule has 2 aromatic rings. The van der Waals surface area contributed by atoms with E-state index in [9.17, 15) is 5.11 Å². The van der Waals surface area contributed by atoms with Gasteiger partial charge in [-0.1, -0.05) is 31.2 Å². The SMILES string of the molecule is CC(Cc1ccc(O)cc1)c1cccc(N)c1. The van der Waals surface area contributed by atoms with Gasteiger partial charge in [0.15, 0.2) is 0 Å². The number of hydrogen-bond donors (Lipinski definition) is 2. The van der Waals surface area contributed by atoms with Gasteiger partial charge in [0.2, 0.25) is 0 Å². The molecule has 0 radical (unpaired) electrons. The summed E-state index contributed by atoms with van der Waals surface area (Å²) in [5, 5.41) is 9.23. The third-order valence-electron chi connectivity index (χ3n) is 2.96. The summed E-state index contributed by atoms with van der Waals surface area (Å²) in [6, 6.07) is 15.4. The van der Waals surface area contributed by atoms with E-state index >= 15 is 0 Å². The van der Waals surface area contributed by atoms with Crippen molar-refractivity contribution in [2.45, 2.75) is 19.3 Å². The number of nitrogen functional groups attached to an aromatic ring is 1. The molecular weight excluding hydrogens is 210 g/mol. The molecule has 2 nitrogen and oxygen atoms in total. The van der Waals surface area contributed by atoms with Crippen molar-refractivity contribution in [2.75, 3.05) is 5.73 Å². The predicted molar refractivity (Wildman–Crippen MR) is 71.1 cm³/mol. The van der Waals surface area contributed by atoms with E-state index in [0.717, 1.165) is 12.1 Å². The van der Waals surface area contributed by atoms with Gasteiger partial charge in [0.1, 0.15) is 5.75 Å². The van der Waals surface area contributed by atoms with Gasteiger partial charge in [0, 0.05) is 5.69 Å². The van der Waals surface area contributed by atoms with Gasteiger partial charge < -0.3 is 10.8 Å². The maximum Gasteiger partial charge on any atom is 0.115 e. The van der Waals surface area contributed by atoms with E-state index < -0.39 is 0 Å². The highest BCUT2D eigenvalue weighted by Gasteiger charge is 2.06. The minimum atomic E-state index is 0.311. The zero-order valence-electron chi connectivity index (χ0n) is 9.93. The van der Waals surface area contributed by atoms with Gasteiger partial charge in [-0.3, -0.25) is 0 Å². The molecule has 0 saturated heterocycles. The number of benzene rings is 2. The summed E-state index contributed by atoms with van der Waals surface area (Å²) >= 11 is 0. The van der Waals surface area contributed by atoms with Crippen LogP contribution < -0.4 is 5.73 Å². The fourth-order valence-corrected chi connectivity index (χ4v) is 1.97. The van der Waals surface area contributed by atoms with E-state index in [2.05, 4.69) is 13.0 Å². The Kier molecular flexibility index (Phi) is 3.33. The van der Waals surface area contributed by atoms with E-state index in [-0.39, 0.29) is 0 Å². The number of aromatic hydroxyl groups is 1. The minimum absolute atomic E-state index is 0.311. The van der Waals surface area contributed by atoms with Crippen LogP contribution in [0.15, 0.2) is 48.5 Å². The molecule has 0 spiro atoms. The summed E-state index contributed by atoms with van der Waals surface area (Å²) in [4.78, 5) is 0. The summed E-state index contributed by atoms with van der Waals surface area (Å²) in [6.45, 7) is 2.18. The fraction of sp³-hybridized carbons (Fsp3) is 0.200. The molecule has 17 heavy (non-hydrogen) atoms. The zero-order valence-corrected chi connectivity index (χ0v) is 9.93. The lowest BCUT2D eigenvalue weighted by Crippen LogP contribution is -1.99. The maximum atomic E-state index is 9.23. The molecule has 88 valence electrons. The third kappa shape index (κ3) is 3.00. The van der Waals surface area contributed by atoms with Gasteiger partial charge in [-0.15, -0.1) is 0 Å². The van der Waals surface area contributed by atoms with Crippen LogP contribution in [0.1, 0.15) is 24.0 Å². The van der Waals surface area contributed by atoms with Crippen molar-refractivity contribution in [3.8, 4) is 5.75 Å². The van der Waals surface area contributed by atoms with Gasteiger partial charge in [0.05, 0.1) is 0 Å². The van der Waals surface area contributed by atoms with Gasteiger partial charge >= 0.3 is 0 Å². The highest BCUT2D eigenvalue weighted by molar-refractivity contribution is 5.42. The molecule has 2 heteroatoms. The number of phenolic OH excluding ortho intramolecular Hbond substituents is 1. The lowest BCUT2D eigenvalue weighted by atomic mass is 9.93. The highest BCUT2D eigenvalue weighted by Crippen LogP contribution is 2.22. The monoisotopic (exact) mass is 227 g/mol. The first kappa shape index (κ1) is 11.5. The first-order valence-electron chi connectivity index (χ1n) is 5.78. The topological polar surface area (TPSA) is 46.2 Å².